The molecule has 0 heterocycles. The second kappa shape index (κ2) is 4.26. The van der Waals surface area contributed by atoms with Crippen LogP contribution in [0.25, 0.3) is 11.1 Å². The van der Waals surface area contributed by atoms with E-state index >= 15 is 0 Å². The van der Waals surface area contributed by atoms with Crippen LogP contribution in [0.15, 0.2) is 24.3 Å². The molecule has 94 valence electrons. The summed E-state index contributed by atoms with van der Waals surface area (Å²) in [5.74, 6) is -0.533. The molecule has 2 rings (SSSR count). The Labute approximate surface area is 106 Å². The van der Waals surface area contributed by atoms with E-state index in [0.717, 1.165) is 22.8 Å². The highest BCUT2D eigenvalue weighted by atomic mass is 16.3. The molecule has 3 nitrogen and oxygen atoms in total. The van der Waals surface area contributed by atoms with Crippen molar-refractivity contribution in [2.24, 2.45) is 0 Å². The molecule has 0 unspecified atom stereocenters. The van der Waals surface area contributed by atoms with Crippen molar-refractivity contribution in [3.8, 4) is 28.4 Å². The zero-order valence-electron chi connectivity index (χ0n) is 10.7. The first-order chi connectivity index (χ1) is 8.43. The van der Waals surface area contributed by atoms with Gasteiger partial charge in [0.1, 0.15) is 5.75 Å². The zero-order valence-corrected chi connectivity index (χ0v) is 10.7. The van der Waals surface area contributed by atoms with Crippen LogP contribution in [-0.4, -0.2) is 15.3 Å². The van der Waals surface area contributed by atoms with Gasteiger partial charge in [0.15, 0.2) is 11.5 Å². The van der Waals surface area contributed by atoms with Crippen molar-refractivity contribution < 1.29 is 15.3 Å². The summed E-state index contributed by atoms with van der Waals surface area (Å²) in [5.41, 5.74) is 3.96. The summed E-state index contributed by atoms with van der Waals surface area (Å²) in [6.07, 6.45) is 0. The molecule has 0 aromatic heterocycles. The molecule has 0 aliphatic rings. The Bertz CT molecular complexity index is 589. The van der Waals surface area contributed by atoms with Gasteiger partial charge in [0.2, 0.25) is 0 Å². The van der Waals surface area contributed by atoms with Crippen molar-refractivity contribution in [3.63, 3.8) is 0 Å². The number of aryl methyl sites for hydroxylation is 1. The van der Waals surface area contributed by atoms with Gasteiger partial charge in [0.05, 0.1) is 0 Å². The summed E-state index contributed by atoms with van der Waals surface area (Å²) in [6.45, 7) is 5.64. The minimum atomic E-state index is -0.311. The number of hydrogen-bond acceptors (Lipinski definition) is 3. The maximum Gasteiger partial charge on any atom is 0.165 e. The summed E-state index contributed by atoms with van der Waals surface area (Å²) >= 11 is 0. The Balaban J connectivity index is 2.83. The van der Waals surface area contributed by atoms with Gasteiger partial charge in [-0.15, -0.1) is 0 Å². The lowest BCUT2D eigenvalue weighted by Crippen LogP contribution is -1.91. The second-order valence-corrected chi connectivity index (χ2v) is 4.51. The Morgan fingerprint density at radius 3 is 2.17 bits per heavy atom. The summed E-state index contributed by atoms with van der Waals surface area (Å²) in [4.78, 5) is 0. The standard InChI is InChI=1S/C15H16O3/c1-8-5-4-6-11(9(8)2)14-10(3)12(16)7-13(17)15(14)18/h4-7,16-18H,1-3H3. The molecule has 3 N–H and O–H groups in total. The topological polar surface area (TPSA) is 60.7 Å². The van der Waals surface area contributed by atoms with Gasteiger partial charge in [-0.1, -0.05) is 18.2 Å². The van der Waals surface area contributed by atoms with E-state index in [2.05, 4.69) is 0 Å². The number of aromatic hydroxyl groups is 3. The van der Waals surface area contributed by atoms with Crippen molar-refractivity contribution in [1.29, 1.82) is 0 Å². The van der Waals surface area contributed by atoms with Crippen LogP contribution in [0.2, 0.25) is 0 Å². The molecule has 3 heteroatoms. The quantitative estimate of drug-likeness (QED) is 0.532. The lowest BCUT2D eigenvalue weighted by Gasteiger charge is -2.15. The molecule has 0 amide bonds. The van der Waals surface area contributed by atoms with Crippen LogP contribution in [0, 0.1) is 20.8 Å². The molecule has 0 aliphatic carbocycles. The van der Waals surface area contributed by atoms with Crippen LogP contribution in [0.3, 0.4) is 0 Å². The van der Waals surface area contributed by atoms with Gasteiger partial charge in [-0.2, -0.15) is 0 Å². The molecule has 0 radical (unpaired) electrons. The number of rotatable bonds is 1. The van der Waals surface area contributed by atoms with Crippen LogP contribution in [-0.2, 0) is 0 Å². The Kier molecular flexibility index (Phi) is 2.91. The highest BCUT2D eigenvalue weighted by Gasteiger charge is 2.17. The van der Waals surface area contributed by atoms with Crippen molar-refractivity contribution >= 4 is 0 Å². The van der Waals surface area contributed by atoms with Gasteiger partial charge in [0, 0.05) is 17.2 Å². The fourth-order valence-corrected chi connectivity index (χ4v) is 2.09. The Morgan fingerprint density at radius 1 is 0.833 bits per heavy atom. The Morgan fingerprint density at radius 2 is 1.50 bits per heavy atom. The number of hydrogen-bond donors (Lipinski definition) is 3. The normalized spacial score (nSPS) is 10.6. The molecule has 0 bridgehead atoms. The first-order valence-corrected chi connectivity index (χ1v) is 5.74. The van der Waals surface area contributed by atoms with Gasteiger partial charge in [-0.05, 0) is 37.5 Å². The van der Waals surface area contributed by atoms with Gasteiger partial charge in [-0.3, -0.25) is 0 Å². The van der Waals surface area contributed by atoms with E-state index in [1.54, 1.807) is 6.92 Å². The average molecular weight is 244 g/mol. The molecule has 2 aromatic rings. The highest BCUT2D eigenvalue weighted by Crippen LogP contribution is 2.44. The first-order valence-electron chi connectivity index (χ1n) is 5.74. The minimum Gasteiger partial charge on any atom is -0.508 e. The lowest BCUT2D eigenvalue weighted by molar-refractivity contribution is 0.397. The monoisotopic (exact) mass is 244 g/mol. The predicted molar refractivity (Wildman–Crippen MR) is 71.1 cm³/mol. The molecular formula is C15H16O3. The summed E-state index contributed by atoms with van der Waals surface area (Å²) in [6, 6.07) is 6.88. The SMILES string of the molecule is Cc1cccc(-c2c(C)c(O)cc(O)c2O)c1C. The largest absolute Gasteiger partial charge is 0.508 e. The van der Waals surface area contributed by atoms with E-state index in [9.17, 15) is 15.3 Å². The van der Waals surface area contributed by atoms with E-state index in [1.165, 1.54) is 0 Å². The third-order valence-corrected chi connectivity index (χ3v) is 3.39. The number of phenols is 3. The van der Waals surface area contributed by atoms with E-state index in [-0.39, 0.29) is 17.2 Å². The summed E-state index contributed by atoms with van der Waals surface area (Å²) in [7, 11) is 0. The molecule has 18 heavy (non-hydrogen) atoms. The Hall–Kier alpha value is -2.16. The van der Waals surface area contributed by atoms with Crippen molar-refractivity contribution in [2.45, 2.75) is 20.8 Å². The van der Waals surface area contributed by atoms with Crippen molar-refractivity contribution in [2.75, 3.05) is 0 Å². The van der Waals surface area contributed by atoms with Crippen LogP contribution >= 0.6 is 0 Å². The molecule has 0 fully saturated rings. The van der Waals surface area contributed by atoms with Crippen molar-refractivity contribution in [1.82, 2.24) is 0 Å². The van der Waals surface area contributed by atoms with Gasteiger partial charge >= 0.3 is 0 Å². The molecule has 0 spiro atoms. The molecule has 0 aliphatic heterocycles. The van der Waals surface area contributed by atoms with Gasteiger partial charge < -0.3 is 15.3 Å². The van der Waals surface area contributed by atoms with E-state index < -0.39 is 0 Å². The number of benzene rings is 2. The third-order valence-electron chi connectivity index (χ3n) is 3.39. The van der Waals surface area contributed by atoms with Gasteiger partial charge in [0.25, 0.3) is 0 Å². The molecule has 2 aromatic carbocycles. The van der Waals surface area contributed by atoms with E-state index in [1.807, 2.05) is 32.0 Å². The predicted octanol–water partition coefficient (Wildman–Crippen LogP) is 3.40. The van der Waals surface area contributed by atoms with E-state index in [4.69, 9.17) is 0 Å². The highest BCUT2D eigenvalue weighted by molar-refractivity contribution is 5.81. The minimum absolute atomic E-state index is 0.0267. The maximum atomic E-state index is 10.0. The number of phenolic OH excluding ortho intramolecular Hbond substituents is 3. The second-order valence-electron chi connectivity index (χ2n) is 4.51. The molecular weight excluding hydrogens is 228 g/mol. The van der Waals surface area contributed by atoms with Crippen LogP contribution in [0.4, 0.5) is 0 Å². The van der Waals surface area contributed by atoms with Crippen LogP contribution in [0.1, 0.15) is 16.7 Å². The van der Waals surface area contributed by atoms with Crippen LogP contribution < -0.4 is 0 Å². The smallest absolute Gasteiger partial charge is 0.165 e. The molecule has 0 atom stereocenters. The summed E-state index contributed by atoms with van der Waals surface area (Å²) < 4.78 is 0. The van der Waals surface area contributed by atoms with Crippen molar-refractivity contribution in [3.05, 3.63) is 41.0 Å². The molecule has 0 saturated heterocycles. The first kappa shape index (κ1) is 12.3. The van der Waals surface area contributed by atoms with Crippen LogP contribution in [0.5, 0.6) is 17.2 Å². The lowest BCUT2D eigenvalue weighted by atomic mass is 9.92. The van der Waals surface area contributed by atoms with Gasteiger partial charge in [-0.25, -0.2) is 0 Å². The maximum absolute atomic E-state index is 10.0. The fraction of sp³-hybridized carbons (Fsp3) is 0.200. The van der Waals surface area contributed by atoms with E-state index in [0.29, 0.717) is 11.1 Å². The summed E-state index contributed by atoms with van der Waals surface area (Å²) in [5, 5.41) is 29.4. The average Bonchev–Trinajstić information content (AvgIpc) is 2.32. The fourth-order valence-electron chi connectivity index (χ4n) is 2.09. The third kappa shape index (κ3) is 1.78. The molecule has 0 saturated carbocycles. The zero-order chi connectivity index (χ0) is 13.4.